The predicted octanol–water partition coefficient (Wildman–Crippen LogP) is 2.29. The Morgan fingerprint density at radius 1 is 1.20 bits per heavy atom. The SMILES string of the molecule is CC(C)(CCCCN1CCCN2CCCC2C1)C(=N)N. The smallest absolute Gasteiger partial charge is 0.0963 e. The second kappa shape index (κ2) is 6.90. The summed E-state index contributed by atoms with van der Waals surface area (Å²) in [6, 6.07) is 0.825. The van der Waals surface area contributed by atoms with E-state index in [1.165, 1.54) is 64.8 Å². The van der Waals surface area contributed by atoms with Crippen LogP contribution in [-0.2, 0) is 0 Å². The number of rotatable bonds is 6. The molecular weight excluding hydrogens is 248 g/mol. The van der Waals surface area contributed by atoms with E-state index in [0.717, 1.165) is 12.5 Å². The molecule has 20 heavy (non-hydrogen) atoms. The summed E-state index contributed by atoms with van der Waals surface area (Å²) >= 11 is 0. The molecular formula is C16H32N4. The number of amidine groups is 1. The lowest BCUT2D eigenvalue weighted by atomic mass is 9.86. The minimum Gasteiger partial charge on any atom is -0.387 e. The van der Waals surface area contributed by atoms with E-state index in [1.807, 2.05) is 0 Å². The quantitative estimate of drug-likeness (QED) is 0.446. The van der Waals surface area contributed by atoms with Gasteiger partial charge in [0.25, 0.3) is 0 Å². The molecule has 0 amide bonds. The molecule has 0 aromatic carbocycles. The Bertz CT molecular complexity index is 326. The van der Waals surface area contributed by atoms with Crippen molar-refractivity contribution in [3.63, 3.8) is 0 Å². The van der Waals surface area contributed by atoms with Gasteiger partial charge in [0.2, 0.25) is 0 Å². The maximum Gasteiger partial charge on any atom is 0.0963 e. The molecule has 3 N–H and O–H groups in total. The number of hydrogen-bond donors (Lipinski definition) is 2. The lowest BCUT2D eigenvalue weighted by Crippen LogP contribution is -2.37. The molecule has 0 aliphatic carbocycles. The van der Waals surface area contributed by atoms with Crippen LogP contribution in [0.5, 0.6) is 0 Å². The van der Waals surface area contributed by atoms with Gasteiger partial charge in [-0.1, -0.05) is 20.3 Å². The van der Waals surface area contributed by atoms with E-state index in [-0.39, 0.29) is 5.41 Å². The summed E-state index contributed by atoms with van der Waals surface area (Å²) in [4.78, 5) is 5.36. The Morgan fingerprint density at radius 2 is 1.95 bits per heavy atom. The van der Waals surface area contributed by atoms with Crippen LogP contribution in [0.1, 0.15) is 52.4 Å². The normalized spacial score (nSPS) is 25.4. The van der Waals surface area contributed by atoms with Gasteiger partial charge in [-0.05, 0) is 58.3 Å². The van der Waals surface area contributed by atoms with Gasteiger partial charge in [0.15, 0.2) is 0 Å². The molecule has 1 unspecified atom stereocenters. The molecule has 2 aliphatic heterocycles. The predicted molar refractivity (Wildman–Crippen MR) is 85.2 cm³/mol. The Kier molecular flexibility index (Phi) is 5.44. The molecule has 0 bridgehead atoms. The Labute approximate surface area is 124 Å². The number of hydrogen-bond acceptors (Lipinski definition) is 3. The third-order valence-corrected chi connectivity index (χ3v) is 5.14. The van der Waals surface area contributed by atoms with E-state index in [1.54, 1.807) is 0 Å². The maximum absolute atomic E-state index is 7.60. The summed E-state index contributed by atoms with van der Waals surface area (Å²) in [5.41, 5.74) is 5.52. The number of unbranched alkanes of at least 4 members (excludes halogenated alkanes) is 1. The van der Waals surface area contributed by atoms with Crippen molar-refractivity contribution in [2.24, 2.45) is 11.1 Å². The highest BCUT2D eigenvalue weighted by atomic mass is 15.3. The first-order valence-electron chi connectivity index (χ1n) is 8.30. The van der Waals surface area contributed by atoms with Crippen molar-refractivity contribution in [2.75, 3.05) is 32.7 Å². The summed E-state index contributed by atoms with van der Waals surface area (Å²) in [5.74, 6) is 0.328. The highest BCUT2D eigenvalue weighted by molar-refractivity contribution is 5.82. The van der Waals surface area contributed by atoms with Crippen molar-refractivity contribution in [3.05, 3.63) is 0 Å². The number of nitrogens with one attached hydrogen (secondary N) is 1. The van der Waals surface area contributed by atoms with Crippen molar-refractivity contribution in [3.8, 4) is 0 Å². The standard InChI is InChI=1S/C16H32N4/c1-16(2,15(17)18)8-3-4-9-19-10-6-12-20-11-5-7-14(20)13-19/h14H,3-13H2,1-2H3,(H3,17,18). The lowest BCUT2D eigenvalue weighted by molar-refractivity contribution is 0.216. The Morgan fingerprint density at radius 3 is 2.70 bits per heavy atom. The average Bonchev–Trinajstić information content (AvgIpc) is 2.73. The van der Waals surface area contributed by atoms with E-state index in [0.29, 0.717) is 5.84 Å². The van der Waals surface area contributed by atoms with Crippen molar-refractivity contribution in [2.45, 2.75) is 58.4 Å². The first kappa shape index (κ1) is 15.8. The second-order valence-electron chi connectivity index (χ2n) is 7.24. The van der Waals surface area contributed by atoms with Crippen molar-refractivity contribution >= 4 is 5.84 Å². The van der Waals surface area contributed by atoms with E-state index < -0.39 is 0 Å². The fraction of sp³-hybridized carbons (Fsp3) is 0.938. The van der Waals surface area contributed by atoms with Gasteiger partial charge in [-0.3, -0.25) is 10.3 Å². The highest BCUT2D eigenvalue weighted by Crippen LogP contribution is 2.24. The molecule has 2 saturated heterocycles. The molecule has 2 heterocycles. The molecule has 0 aromatic rings. The summed E-state index contributed by atoms with van der Waals surface area (Å²) < 4.78 is 0. The van der Waals surface area contributed by atoms with Crippen molar-refractivity contribution in [1.82, 2.24) is 9.80 Å². The molecule has 2 aliphatic rings. The van der Waals surface area contributed by atoms with Crippen LogP contribution in [0.4, 0.5) is 0 Å². The number of fused-ring (bicyclic) bond motifs is 1. The van der Waals surface area contributed by atoms with Crippen molar-refractivity contribution in [1.29, 1.82) is 5.41 Å². The van der Waals surface area contributed by atoms with Gasteiger partial charge in [-0.25, -0.2) is 0 Å². The van der Waals surface area contributed by atoms with Gasteiger partial charge in [-0.15, -0.1) is 0 Å². The van der Waals surface area contributed by atoms with Crippen LogP contribution in [0.25, 0.3) is 0 Å². The fourth-order valence-electron chi connectivity index (χ4n) is 3.52. The largest absolute Gasteiger partial charge is 0.387 e. The molecule has 0 spiro atoms. The maximum atomic E-state index is 7.60. The van der Waals surface area contributed by atoms with Gasteiger partial charge in [0.05, 0.1) is 5.84 Å². The molecule has 0 radical (unpaired) electrons. The molecule has 1 atom stereocenters. The zero-order chi connectivity index (χ0) is 14.6. The zero-order valence-electron chi connectivity index (χ0n) is 13.3. The first-order chi connectivity index (χ1) is 9.49. The van der Waals surface area contributed by atoms with Gasteiger partial charge in [0.1, 0.15) is 0 Å². The van der Waals surface area contributed by atoms with Crippen LogP contribution >= 0.6 is 0 Å². The van der Waals surface area contributed by atoms with E-state index in [9.17, 15) is 0 Å². The van der Waals surface area contributed by atoms with Crippen LogP contribution < -0.4 is 5.73 Å². The average molecular weight is 280 g/mol. The number of nitrogens with zero attached hydrogens (tertiary/aromatic N) is 2. The van der Waals surface area contributed by atoms with E-state index in [2.05, 4.69) is 23.6 Å². The van der Waals surface area contributed by atoms with Crippen LogP contribution in [0.2, 0.25) is 0 Å². The monoisotopic (exact) mass is 280 g/mol. The third-order valence-electron chi connectivity index (χ3n) is 5.14. The molecule has 2 fully saturated rings. The topological polar surface area (TPSA) is 56.4 Å². The molecule has 4 nitrogen and oxygen atoms in total. The molecule has 0 aromatic heterocycles. The molecule has 116 valence electrons. The highest BCUT2D eigenvalue weighted by Gasteiger charge is 2.28. The molecule has 4 heteroatoms. The van der Waals surface area contributed by atoms with Gasteiger partial charge in [-0.2, -0.15) is 0 Å². The Hall–Kier alpha value is -0.610. The Balaban J connectivity index is 1.67. The van der Waals surface area contributed by atoms with E-state index in [4.69, 9.17) is 11.1 Å². The van der Waals surface area contributed by atoms with Crippen LogP contribution in [0, 0.1) is 10.8 Å². The lowest BCUT2D eigenvalue weighted by Gasteiger charge is -2.26. The second-order valence-corrected chi connectivity index (χ2v) is 7.24. The van der Waals surface area contributed by atoms with Crippen LogP contribution in [-0.4, -0.2) is 54.4 Å². The fourth-order valence-corrected chi connectivity index (χ4v) is 3.52. The van der Waals surface area contributed by atoms with Gasteiger partial charge in [0, 0.05) is 18.0 Å². The minimum absolute atomic E-state index is 0.124. The van der Waals surface area contributed by atoms with Crippen LogP contribution in [0.15, 0.2) is 0 Å². The summed E-state index contributed by atoms with van der Waals surface area (Å²) in [5, 5.41) is 7.60. The number of nitrogens with two attached hydrogens (primary N) is 1. The molecule has 0 saturated carbocycles. The first-order valence-corrected chi connectivity index (χ1v) is 8.30. The third kappa shape index (κ3) is 4.19. The zero-order valence-corrected chi connectivity index (χ0v) is 13.3. The summed E-state index contributed by atoms with van der Waals surface area (Å²) in [7, 11) is 0. The molecule has 2 rings (SSSR count). The van der Waals surface area contributed by atoms with Gasteiger partial charge < -0.3 is 10.6 Å². The summed E-state index contributed by atoms with van der Waals surface area (Å²) in [6.45, 7) is 10.6. The van der Waals surface area contributed by atoms with Crippen molar-refractivity contribution < 1.29 is 0 Å². The summed E-state index contributed by atoms with van der Waals surface area (Å²) in [6.07, 6.45) is 7.57. The van der Waals surface area contributed by atoms with Gasteiger partial charge >= 0.3 is 0 Å². The van der Waals surface area contributed by atoms with E-state index >= 15 is 0 Å². The minimum atomic E-state index is -0.124. The van der Waals surface area contributed by atoms with Crippen LogP contribution in [0.3, 0.4) is 0 Å².